The largest absolute Gasteiger partial charge is 0.279 e. The van der Waals surface area contributed by atoms with E-state index >= 15 is 0 Å². The average Bonchev–Trinajstić information content (AvgIpc) is 2.33. The zero-order chi connectivity index (χ0) is 14.0. The van der Waals surface area contributed by atoms with Gasteiger partial charge in [0.25, 0.3) is 10.0 Å². The third kappa shape index (κ3) is 3.33. The molecule has 0 aliphatic rings. The summed E-state index contributed by atoms with van der Waals surface area (Å²) in [6.07, 6.45) is 0. The van der Waals surface area contributed by atoms with Crippen molar-refractivity contribution in [3.8, 4) is 0 Å². The number of hydrogen-bond acceptors (Lipinski definition) is 2. The van der Waals surface area contributed by atoms with E-state index in [1.807, 2.05) is 0 Å². The molecule has 2 rings (SSSR count). The van der Waals surface area contributed by atoms with Crippen molar-refractivity contribution in [1.82, 2.24) is 0 Å². The Bertz CT molecular complexity index is 716. The number of anilines is 1. The van der Waals surface area contributed by atoms with Gasteiger partial charge in [-0.25, -0.2) is 12.8 Å². The third-order valence-electron chi connectivity index (χ3n) is 2.54. The van der Waals surface area contributed by atoms with Crippen molar-refractivity contribution in [3.05, 3.63) is 58.3 Å². The number of nitrogens with one attached hydrogen (secondary N) is 1. The maximum Gasteiger partial charge on any atom is 0.261 e. The van der Waals surface area contributed by atoms with E-state index in [4.69, 9.17) is 0 Å². The van der Waals surface area contributed by atoms with Crippen LogP contribution in [0, 0.1) is 12.7 Å². The molecule has 0 saturated carbocycles. The molecule has 0 fully saturated rings. The highest BCUT2D eigenvalue weighted by molar-refractivity contribution is 9.10. The smallest absolute Gasteiger partial charge is 0.261 e. The van der Waals surface area contributed by atoms with Gasteiger partial charge in [-0.05, 0) is 48.9 Å². The van der Waals surface area contributed by atoms with Gasteiger partial charge in [0.1, 0.15) is 5.82 Å². The second kappa shape index (κ2) is 5.30. The molecule has 3 nitrogen and oxygen atoms in total. The molecule has 0 unspecified atom stereocenters. The maximum absolute atomic E-state index is 13.0. The van der Waals surface area contributed by atoms with Crippen LogP contribution in [0.2, 0.25) is 0 Å². The van der Waals surface area contributed by atoms with E-state index in [-0.39, 0.29) is 4.90 Å². The van der Waals surface area contributed by atoms with Gasteiger partial charge >= 0.3 is 0 Å². The van der Waals surface area contributed by atoms with Crippen molar-refractivity contribution in [2.24, 2.45) is 0 Å². The van der Waals surface area contributed by atoms with Gasteiger partial charge in [0.15, 0.2) is 0 Å². The number of rotatable bonds is 3. The van der Waals surface area contributed by atoms with Crippen LogP contribution in [0.3, 0.4) is 0 Å². The Kier molecular flexibility index (Phi) is 3.91. The zero-order valence-corrected chi connectivity index (χ0v) is 12.4. The average molecular weight is 344 g/mol. The first-order chi connectivity index (χ1) is 8.88. The quantitative estimate of drug-likeness (QED) is 0.923. The van der Waals surface area contributed by atoms with Crippen molar-refractivity contribution in [1.29, 1.82) is 0 Å². The predicted octanol–water partition coefficient (Wildman–Crippen LogP) is 3.70. The fourth-order valence-corrected chi connectivity index (χ4v) is 3.31. The van der Waals surface area contributed by atoms with Crippen LogP contribution >= 0.6 is 15.9 Å². The van der Waals surface area contributed by atoms with E-state index in [0.29, 0.717) is 15.7 Å². The highest BCUT2D eigenvalue weighted by Crippen LogP contribution is 2.22. The molecule has 0 saturated heterocycles. The van der Waals surface area contributed by atoms with Gasteiger partial charge < -0.3 is 0 Å². The monoisotopic (exact) mass is 343 g/mol. The summed E-state index contributed by atoms with van der Waals surface area (Å²) in [5.41, 5.74) is 0.889. The number of benzene rings is 2. The molecule has 2 aromatic carbocycles. The van der Waals surface area contributed by atoms with E-state index in [1.165, 1.54) is 30.3 Å². The highest BCUT2D eigenvalue weighted by Gasteiger charge is 2.15. The summed E-state index contributed by atoms with van der Waals surface area (Å²) in [7, 11) is -3.67. The van der Waals surface area contributed by atoms with Crippen LogP contribution in [0.1, 0.15) is 5.56 Å². The molecule has 0 bridgehead atoms. The molecule has 0 aromatic heterocycles. The normalized spacial score (nSPS) is 11.3. The first kappa shape index (κ1) is 14.0. The Labute approximate surface area is 119 Å². The van der Waals surface area contributed by atoms with Crippen LogP contribution in [-0.2, 0) is 10.0 Å². The summed E-state index contributed by atoms with van der Waals surface area (Å²) in [6, 6.07) is 10.3. The minimum Gasteiger partial charge on any atom is -0.279 e. The standard InChI is InChI=1S/C13H11BrFNO2S/c1-9-7-11(15)5-6-13(9)16-19(17,18)12-4-2-3-10(14)8-12/h2-8,16H,1H3. The Morgan fingerprint density at radius 2 is 1.89 bits per heavy atom. The molecule has 19 heavy (non-hydrogen) atoms. The molecule has 1 N–H and O–H groups in total. The van der Waals surface area contributed by atoms with Gasteiger partial charge in [-0.3, -0.25) is 4.72 Å². The lowest BCUT2D eigenvalue weighted by Crippen LogP contribution is -2.13. The zero-order valence-electron chi connectivity index (χ0n) is 10.0. The van der Waals surface area contributed by atoms with E-state index < -0.39 is 15.8 Å². The van der Waals surface area contributed by atoms with Crippen molar-refractivity contribution in [2.45, 2.75) is 11.8 Å². The van der Waals surface area contributed by atoms with E-state index in [9.17, 15) is 12.8 Å². The number of sulfonamides is 1. The van der Waals surface area contributed by atoms with Gasteiger partial charge in [0.2, 0.25) is 0 Å². The molecular formula is C13H11BrFNO2S. The van der Waals surface area contributed by atoms with Crippen molar-refractivity contribution < 1.29 is 12.8 Å². The Morgan fingerprint density at radius 1 is 1.16 bits per heavy atom. The van der Waals surface area contributed by atoms with Gasteiger partial charge in [-0.1, -0.05) is 22.0 Å². The Balaban J connectivity index is 2.36. The van der Waals surface area contributed by atoms with E-state index in [0.717, 1.165) is 0 Å². The van der Waals surface area contributed by atoms with E-state index in [2.05, 4.69) is 20.7 Å². The third-order valence-corrected chi connectivity index (χ3v) is 4.40. The van der Waals surface area contributed by atoms with Crippen molar-refractivity contribution in [2.75, 3.05) is 4.72 Å². The molecule has 6 heteroatoms. The lowest BCUT2D eigenvalue weighted by molar-refractivity contribution is 0.601. The summed E-state index contributed by atoms with van der Waals surface area (Å²) in [4.78, 5) is 0.144. The molecule has 2 aromatic rings. The molecule has 0 heterocycles. The number of halogens is 2. The second-order valence-electron chi connectivity index (χ2n) is 4.02. The molecule has 0 aliphatic carbocycles. The summed E-state index contributed by atoms with van der Waals surface area (Å²) < 4.78 is 40.4. The van der Waals surface area contributed by atoms with Crippen molar-refractivity contribution >= 4 is 31.6 Å². The number of aryl methyl sites for hydroxylation is 1. The van der Waals surface area contributed by atoms with Crippen LogP contribution in [-0.4, -0.2) is 8.42 Å². The number of hydrogen-bond donors (Lipinski definition) is 1. The van der Waals surface area contributed by atoms with Crippen molar-refractivity contribution in [3.63, 3.8) is 0 Å². The summed E-state index contributed by atoms with van der Waals surface area (Å²) in [6.45, 7) is 1.64. The minimum absolute atomic E-state index is 0.144. The first-order valence-electron chi connectivity index (χ1n) is 5.43. The predicted molar refractivity (Wildman–Crippen MR) is 76.1 cm³/mol. The van der Waals surface area contributed by atoms with Crippen LogP contribution in [0.15, 0.2) is 51.8 Å². The van der Waals surface area contributed by atoms with E-state index in [1.54, 1.807) is 19.1 Å². The lowest BCUT2D eigenvalue weighted by Gasteiger charge is -2.10. The van der Waals surface area contributed by atoms with Crippen LogP contribution in [0.5, 0.6) is 0 Å². The lowest BCUT2D eigenvalue weighted by atomic mass is 10.2. The molecule has 0 atom stereocenters. The minimum atomic E-state index is -3.67. The second-order valence-corrected chi connectivity index (χ2v) is 6.62. The summed E-state index contributed by atoms with van der Waals surface area (Å²) in [5, 5.41) is 0. The Morgan fingerprint density at radius 3 is 2.53 bits per heavy atom. The first-order valence-corrected chi connectivity index (χ1v) is 7.71. The molecule has 0 amide bonds. The van der Waals surface area contributed by atoms with Gasteiger partial charge in [-0.15, -0.1) is 0 Å². The van der Waals surface area contributed by atoms with Crippen LogP contribution in [0.4, 0.5) is 10.1 Å². The topological polar surface area (TPSA) is 46.2 Å². The van der Waals surface area contributed by atoms with Gasteiger partial charge in [0.05, 0.1) is 10.6 Å². The van der Waals surface area contributed by atoms with Gasteiger partial charge in [0, 0.05) is 4.47 Å². The molecule has 100 valence electrons. The fourth-order valence-electron chi connectivity index (χ4n) is 1.58. The molecule has 0 aliphatic heterocycles. The molecule has 0 radical (unpaired) electrons. The molecule has 0 spiro atoms. The van der Waals surface area contributed by atoms with Crippen LogP contribution in [0.25, 0.3) is 0 Å². The Hall–Kier alpha value is -1.40. The SMILES string of the molecule is Cc1cc(F)ccc1NS(=O)(=O)c1cccc(Br)c1. The fraction of sp³-hybridized carbons (Fsp3) is 0.0769. The maximum atomic E-state index is 13.0. The highest BCUT2D eigenvalue weighted by atomic mass is 79.9. The summed E-state index contributed by atoms with van der Waals surface area (Å²) in [5.74, 6) is -0.400. The summed E-state index contributed by atoms with van der Waals surface area (Å²) >= 11 is 3.22. The van der Waals surface area contributed by atoms with Gasteiger partial charge in [-0.2, -0.15) is 0 Å². The van der Waals surface area contributed by atoms with Crippen LogP contribution < -0.4 is 4.72 Å². The molecular weight excluding hydrogens is 333 g/mol.